The maximum atomic E-state index is 12.5. The minimum Gasteiger partial charge on any atom is -0.493 e. The molecule has 0 aliphatic carbocycles. The fourth-order valence-corrected chi connectivity index (χ4v) is 2.73. The molecule has 0 spiro atoms. The number of hydrogen-bond acceptors (Lipinski definition) is 4. The van der Waals surface area contributed by atoms with Crippen LogP contribution in [0.15, 0.2) is 42.5 Å². The molecular formula is C19H23ClN2O3. The van der Waals surface area contributed by atoms with Gasteiger partial charge >= 0.3 is 0 Å². The molecule has 1 unspecified atom stereocenters. The molecule has 2 rings (SSSR count). The first kappa shape index (κ1) is 19.1. The van der Waals surface area contributed by atoms with E-state index in [-0.39, 0.29) is 12.5 Å². The third-order valence-electron chi connectivity index (χ3n) is 3.88. The summed E-state index contributed by atoms with van der Waals surface area (Å²) in [6.45, 7) is 4.31. The van der Waals surface area contributed by atoms with Gasteiger partial charge in [-0.3, -0.25) is 4.79 Å². The maximum Gasteiger partial charge on any atom is 0.244 e. The summed E-state index contributed by atoms with van der Waals surface area (Å²) in [7, 11) is 1.54. The second kappa shape index (κ2) is 8.23. The lowest BCUT2D eigenvalue weighted by atomic mass is 9.92. The monoisotopic (exact) mass is 362 g/mol. The van der Waals surface area contributed by atoms with Crippen LogP contribution in [0.1, 0.15) is 25.0 Å². The van der Waals surface area contributed by atoms with E-state index in [9.17, 15) is 4.79 Å². The number of hydrogen-bond donors (Lipinski definition) is 2. The van der Waals surface area contributed by atoms with Gasteiger partial charge in [-0.1, -0.05) is 41.9 Å². The van der Waals surface area contributed by atoms with E-state index in [1.807, 2.05) is 37.3 Å². The van der Waals surface area contributed by atoms with Crippen LogP contribution in [-0.4, -0.2) is 19.6 Å². The lowest BCUT2D eigenvalue weighted by Gasteiger charge is -2.24. The predicted molar refractivity (Wildman–Crippen MR) is 99.0 cm³/mol. The smallest absolute Gasteiger partial charge is 0.244 e. The topological polar surface area (TPSA) is 73.6 Å². The second-order valence-corrected chi connectivity index (χ2v) is 6.20. The number of carbonyl (C=O) groups excluding carboxylic acids is 1. The van der Waals surface area contributed by atoms with Gasteiger partial charge < -0.3 is 20.5 Å². The fourth-order valence-electron chi connectivity index (χ4n) is 2.44. The molecule has 134 valence electrons. The van der Waals surface area contributed by atoms with E-state index >= 15 is 0 Å². The van der Waals surface area contributed by atoms with Crippen LogP contribution in [0, 0.1) is 0 Å². The molecule has 3 N–H and O–H groups in total. The van der Waals surface area contributed by atoms with Crippen LogP contribution in [-0.2, 0) is 16.9 Å². The first-order valence-corrected chi connectivity index (χ1v) is 8.39. The van der Waals surface area contributed by atoms with Crippen LogP contribution < -0.4 is 20.5 Å². The number of carbonyl (C=O) groups is 1. The summed E-state index contributed by atoms with van der Waals surface area (Å²) in [5, 5.41) is 3.28. The minimum atomic E-state index is -1.12. The molecule has 1 atom stereocenters. The van der Waals surface area contributed by atoms with Gasteiger partial charge in [0, 0.05) is 6.54 Å². The summed E-state index contributed by atoms with van der Waals surface area (Å²) in [6, 6.07) is 12.8. The van der Waals surface area contributed by atoms with Gasteiger partial charge in [-0.15, -0.1) is 0 Å². The van der Waals surface area contributed by atoms with Crippen LogP contribution >= 0.6 is 11.6 Å². The van der Waals surface area contributed by atoms with Crippen LogP contribution in [0.4, 0.5) is 0 Å². The van der Waals surface area contributed by atoms with Gasteiger partial charge in [0.2, 0.25) is 5.91 Å². The second-order valence-electron chi connectivity index (χ2n) is 5.79. The number of nitrogens with two attached hydrogens (primary N) is 1. The summed E-state index contributed by atoms with van der Waals surface area (Å²) in [6.07, 6.45) is 0. The molecule has 0 aliphatic heterocycles. The van der Waals surface area contributed by atoms with E-state index in [0.717, 1.165) is 11.1 Å². The van der Waals surface area contributed by atoms with Gasteiger partial charge in [0.1, 0.15) is 5.54 Å². The van der Waals surface area contributed by atoms with E-state index in [1.54, 1.807) is 26.2 Å². The minimum absolute atomic E-state index is 0.275. The van der Waals surface area contributed by atoms with Crippen molar-refractivity contribution < 1.29 is 14.3 Å². The zero-order valence-corrected chi connectivity index (χ0v) is 15.4. The Morgan fingerprint density at radius 1 is 1.28 bits per heavy atom. The van der Waals surface area contributed by atoms with Crippen molar-refractivity contribution >= 4 is 17.5 Å². The molecule has 2 aromatic carbocycles. The van der Waals surface area contributed by atoms with Crippen LogP contribution in [0.2, 0.25) is 5.02 Å². The zero-order chi connectivity index (χ0) is 18.4. The number of methoxy groups -OCH3 is 1. The molecule has 0 fully saturated rings. The highest BCUT2D eigenvalue weighted by molar-refractivity contribution is 6.32. The van der Waals surface area contributed by atoms with Crippen molar-refractivity contribution in [2.45, 2.75) is 25.9 Å². The molecular weight excluding hydrogens is 340 g/mol. The molecule has 0 aliphatic rings. The normalized spacial score (nSPS) is 13.0. The van der Waals surface area contributed by atoms with Crippen molar-refractivity contribution in [3.8, 4) is 11.5 Å². The third kappa shape index (κ3) is 4.44. The first-order valence-electron chi connectivity index (χ1n) is 8.02. The molecule has 0 bridgehead atoms. The van der Waals surface area contributed by atoms with Gasteiger partial charge in [0.15, 0.2) is 11.5 Å². The lowest BCUT2D eigenvalue weighted by molar-refractivity contribution is -0.126. The Balaban J connectivity index is 2.13. The Hall–Kier alpha value is -2.24. The Bertz CT molecular complexity index is 733. The molecule has 5 nitrogen and oxygen atoms in total. The molecule has 0 heterocycles. The van der Waals surface area contributed by atoms with Gasteiger partial charge in [-0.2, -0.15) is 0 Å². The van der Waals surface area contributed by atoms with E-state index in [0.29, 0.717) is 23.1 Å². The van der Waals surface area contributed by atoms with Crippen LogP contribution in [0.25, 0.3) is 0 Å². The van der Waals surface area contributed by atoms with Crippen LogP contribution in [0.5, 0.6) is 11.5 Å². The highest BCUT2D eigenvalue weighted by Crippen LogP contribution is 2.36. The summed E-state index contributed by atoms with van der Waals surface area (Å²) >= 11 is 6.25. The van der Waals surface area contributed by atoms with Gasteiger partial charge in [-0.05, 0) is 37.1 Å². The van der Waals surface area contributed by atoms with E-state index in [2.05, 4.69) is 5.32 Å². The van der Waals surface area contributed by atoms with Crippen molar-refractivity contribution in [2.75, 3.05) is 13.7 Å². The number of ether oxygens (including phenoxy) is 2. The van der Waals surface area contributed by atoms with E-state index in [1.165, 1.54) is 0 Å². The van der Waals surface area contributed by atoms with Gasteiger partial charge in [0.25, 0.3) is 0 Å². The third-order valence-corrected chi connectivity index (χ3v) is 4.16. The van der Waals surface area contributed by atoms with Crippen molar-refractivity contribution in [1.29, 1.82) is 0 Å². The average molecular weight is 363 g/mol. The molecule has 2 aromatic rings. The predicted octanol–water partition coefficient (Wildman–Crippen LogP) is 3.24. The molecule has 0 radical (unpaired) electrons. The summed E-state index contributed by atoms with van der Waals surface area (Å²) < 4.78 is 10.8. The molecule has 25 heavy (non-hydrogen) atoms. The van der Waals surface area contributed by atoms with Crippen molar-refractivity contribution in [1.82, 2.24) is 5.32 Å². The quantitative estimate of drug-likeness (QED) is 0.793. The SMILES string of the molecule is CCOc1c(Cl)cc(CNC(=O)C(C)(N)c2ccccc2)cc1OC. The largest absolute Gasteiger partial charge is 0.493 e. The molecule has 0 saturated carbocycles. The number of halogens is 1. The van der Waals surface area contributed by atoms with Crippen LogP contribution in [0.3, 0.4) is 0 Å². The first-order chi connectivity index (χ1) is 11.9. The highest BCUT2D eigenvalue weighted by Gasteiger charge is 2.30. The number of rotatable bonds is 7. The summed E-state index contributed by atoms with van der Waals surface area (Å²) in [5.41, 5.74) is 6.63. The Morgan fingerprint density at radius 3 is 2.56 bits per heavy atom. The number of amides is 1. The average Bonchev–Trinajstić information content (AvgIpc) is 2.62. The fraction of sp³-hybridized carbons (Fsp3) is 0.316. The van der Waals surface area contributed by atoms with Gasteiger partial charge in [0.05, 0.1) is 18.7 Å². The summed E-state index contributed by atoms with van der Waals surface area (Å²) in [5.74, 6) is 0.745. The van der Waals surface area contributed by atoms with Crippen molar-refractivity contribution in [3.05, 3.63) is 58.6 Å². The highest BCUT2D eigenvalue weighted by atomic mass is 35.5. The van der Waals surface area contributed by atoms with E-state index in [4.69, 9.17) is 26.8 Å². The standard InChI is InChI=1S/C19H23ClN2O3/c1-4-25-17-15(20)10-13(11-16(17)24-3)12-22-18(23)19(2,21)14-8-6-5-7-9-14/h5-11H,4,12,21H2,1-3H3,(H,22,23). The molecule has 0 saturated heterocycles. The Labute approximate surface area is 153 Å². The Morgan fingerprint density at radius 2 is 1.96 bits per heavy atom. The molecule has 1 amide bonds. The van der Waals surface area contributed by atoms with Gasteiger partial charge in [-0.25, -0.2) is 0 Å². The van der Waals surface area contributed by atoms with Crippen molar-refractivity contribution in [2.24, 2.45) is 5.73 Å². The van der Waals surface area contributed by atoms with Crippen molar-refractivity contribution in [3.63, 3.8) is 0 Å². The lowest BCUT2D eigenvalue weighted by Crippen LogP contribution is -2.48. The summed E-state index contributed by atoms with van der Waals surface area (Å²) in [4.78, 5) is 12.5. The molecule has 6 heteroatoms. The molecule has 0 aromatic heterocycles. The number of nitrogens with one attached hydrogen (secondary N) is 1. The number of benzene rings is 2. The zero-order valence-electron chi connectivity index (χ0n) is 14.6. The van der Waals surface area contributed by atoms with E-state index < -0.39 is 5.54 Å². The maximum absolute atomic E-state index is 12.5. The Kier molecular flexibility index (Phi) is 6.28.